The second-order valence-electron chi connectivity index (χ2n) is 9.52. The van der Waals surface area contributed by atoms with Crippen molar-refractivity contribution in [3.8, 4) is 5.75 Å². The lowest BCUT2D eigenvalue weighted by atomic mass is 9.96. The number of aryl methyl sites for hydroxylation is 2. The first-order valence-corrected chi connectivity index (χ1v) is 13.7. The van der Waals surface area contributed by atoms with Gasteiger partial charge in [0.25, 0.3) is 0 Å². The van der Waals surface area contributed by atoms with Gasteiger partial charge in [-0.05, 0) is 68.2 Å². The normalized spacial score (nSPS) is 11.0. The van der Waals surface area contributed by atoms with Gasteiger partial charge in [0, 0.05) is 12.8 Å². The number of unbranched alkanes of at least 4 members (excludes halogenated alkanes) is 12. The topological polar surface area (TPSA) is 83.8 Å². The van der Waals surface area contributed by atoms with Gasteiger partial charge < -0.3 is 14.9 Å². The maximum absolute atomic E-state index is 10.6. The molecule has 194 valence electrons. The Bertz CT molecular complexity index is 670. The van der Waals surface area contributed by atoms with E-state index in [1.807, 2.05) is 0 Å². The molecule has 0 aliphatic rings. The van der Waals surface area contributed by atoms with Gasteiger partial charge in [-0.3, -0.25) is 9.59 Å². The summed E-state index contributed by atoms with van der Waals surface area (Å²) in [4.78, 5) is 21.3. The SMILES string of the molecule is CCCCCCCOc1ccc(CCCCCCCC(=O)O)c(CCCCCCCC(=O)O)c1. The Balaban J connectivity index is 2.46. The molecule has 0 saturated carbocycles. The monoisotopic (exact) mass is 476 g/mol. The maximum atomic E-state index is 10.6. The van der Waals surface area contributed by atoms with E-state index >= 15 is 0 Å². The van der Waals surface area contributed by atoms with Crippen molar-refractivity contribution < 1.29 is 24.5 Å². The highest BCUT2D eigenvalue weighted by Crippen LogP contribution is 2.23. The van der Waals surface area contributed by atoms with Gasteiger partial charge >= 0.3 is 11.9 Å². The smallest absolute Gasteiger partial charge is 0.303 e. The fourth-order valence-corrected chi connectivity index (χ4v) is 4.31. The highest BCUT2D eigenvalue weighted by Gasteiger charge is 2.07. The minimum absolute atomic E-state index is 0.276. The van der Waals surface area contributed by atoms with E-state index in [0.717, 1.165) is 95.8 Å². The molecule has 34 heavy (non-hydrogen) atoms. The van der Waals surface area contributed by atoms with Gasteiger partial charge in [0.2, 0.25) is 0 Å². The second kappa shape index (κ2) is 20.3. The van der Waals surface area contributed by atoms with E-state index < -0.39 is 11.9 Å². The van der Waals surface area contributed by atoms with E-state index in [4.69, 9.17) is 14.9 Å². The second-order valence-corrected chi connectivity index (χ2v) is 9.52. The summed E-state index contributed by atoms with van der Waals surface area (Å²) in [7, 11) is 0. The van der Waals surface area contributed by atoms with Crippen LogP contribution in [0.2, 0.25) is 0 Å². The van der Waals surface area contributed by atoms with E-state index in [1.54, 1.807) is 0 Å². The zero-order chi connectivity index (χ0) is 24.9. The van der Waals surface area contributed by atoms with Crippen LogP contribution < -0.4 is 4.74 Å². The molecule has 0 heterocycles. The van der Waals surface area contributed by atoms with Gasteiger partial charge in [0.15, 0.2) is 0 Å². The van der Waals surface area contributed by atoms with Crippen molar-refractivity contribution in [3.63, 3.8) is 0 Å². The Kier molecular flexibility index (Phi) is 17.9. The van der Waals surface area contributed by atoms with Crippen LogP contribution in [-0.4, -0.2) is 28.8 Å². The molecule has 1 aromatic carbocycles. The first kappa shape index (κ1) is 30.0. The Morgan fingerprint density at radius 3 is 1.74 bits per heavy atom. The van der Waals surface area contributed by atoms with Crippen molar-refractivity contribution in [1.82, 2.24) is 0 Å². The number of hydrogen-bond acceptors (Lipinski definition) is 3. The quantitative estimate of drug-likeness (QED) is 0.156. The van der Waals surface area contributed by atoms with Crippen LogP contribution in [0.5, 0.6) is 5.75 Å². The number of carbonyl (C=O) groups is 2. The average Bonchev–Trinajstić information content (AvgIpc) is 2.80. The number of hydrogen-bond donors (Lipinski definition) is 2. The number of rotatable bonds is 23. The van der Waals surface area contributed by atoms with E-state index in [9.17, 15) is 9.59 Å². The Morgan fingerprint density at radius 2 is 1.15 bits per heavy atom. The predicted molar refractivity (Wildman–Crippen MR) is 139 cm³/mol. The zero-order valence-corrected chi connectivity index (χ0v) is 21.5. The molecule has 0 aromatic heterocycles. The summed E-state index contributed by atoms with van der Waals surface area (Å²) in [6, 6.07) is 6.58. The number of carboxylic acid groups (broad SMARTS) is 2. The van der Waals surface area contributed by atoms with Gasteiger partial charge in [-0.15, -0.1) is 0 Å². The third kappa shape index (κ3) is 16.6. The Morgan fingerprint density at radius 1 is 0.647 bits per heavy atom. The molecule has 2 N–H and O–H groups in total. The van der Waals surface area contributed by atoms with Crippen molar-refractivity contribution in [3.05, 3.63) is 29.3 Å². The van der Waals surface area contributed by atoms with Crippen LogP contribution in [0.1, 0.15) is 127 Å². The van der Waals surface area contributed by atoms with Crippen LogP contribution in [0.4, 0.5) is 0 Å². The summed E-state index contributed by atoms with van der Waals surface area (Å²) < 4.78 is 6.05. The van der Waals surface area contributed by atoms with Gasteiger partial charge in [-0.1, -0.05) is 77.2 Å². The minimum atomic E-state index is -0.700. The summed E-state index contributed by atoms with van der Waals surface area (Å²) in [6.45, 7) is 3.01. The van der Waals surface area contributed by atoms with E-state index in [1.165, 1.54) is 36.8 Å². The molecule has 1 rings (SSSR count). The lowest BCUT2D eigenvalue weighted by Crippen LogP contribution is -2.01. The van der Waals surface area contributed by atoms with Crippen molar-refractivity contribution in [1.29, 1.82) is 0 Å². The molecule has 0 radical (unpaired) electrons. The number of benzene rings is 1. The molecule has 1 aromatic rings. The van der Waals surface area contributed by atoms with Gasteiger partial charge in [0.1, 0.15) is 5.75 Å². The maximum Gasteiger partial charge on any atom is 0.303 e. The lowest BCUT2D eigenvalue weighted by molar-refractivity contribution is -0.138. The molecule has 0 amide bonds. The third-order valence-corrected chi connectivity index (χ3v) is 6.37. The minimum Gasteiger partial charge on any atom is -0.494 e. The van der Waals surface area contributed by atoms with Crippen molar-refractivity contribution >= 4 is 11.9 Å². The lowest BCUT2D eigenvalue weighted by Gasteiger charge is -2.13. The summed E-state index contributed by atoms with van der Waals surface area (Å²) in [5, 5.41) is 17.5. The van der Waals surface area contributed by atoms with Crippen LogP contribution in [0.25, 0.3) is 0 Å². The molecule has 0 atom stereocenters. The van der Waals surface area contributed by atoms with Crippen LogP contribution >= 0.6 is 0 Å². The van der Waals surface area contributed by atoms with Gasteiger partial charge in [-0.25, -0.2) is 0 Å². The standard InChI is InChI=1S/C29H48O5/c1-2-3-4-11-16-23-34-27-22-21-25(17-12-7-5-9-14-19-28(30)31)26(24-27)18-13-8-6-10-15-20-29(32)33/h21-22,24H,2-20,23H2,1H3,(H,30,31)(H,32,33). The molecule has 0 aliphatic heterocycles. The molecule has 0 saturated heterocycles. The molecular formula is C29H48O5. The number of carboxylic acids is 2. The third-order valence-electron chi connectivity index (χ3n) is 6.37. The Labute approximate surface area is 207 Å². The molecule has 5 heteroatoms. The van der Waals surface area contributed by atoms with Crippen LogP contribution in [0.3, 0.4) is 0 Å². The highest BCUT2D eigenvalue weighted by molar-refractivity contribution is 5.66. The van der Waals surface area contributed by atoms with E-state index in [-0.39, 0.29) is 12.8 Å². The van der Waals surface area contributed by atoms with E-state index in [0.29, 0.717) is 0 Å². The molecular weight excluding hydrogens is 428 g/mol. The molecule has 0 unspecified atom stereocenters. The fourth-order valence-electron chi connectivity index (χ4n) is 4.31. The van der Waals surface area contributed by atoms with Crippen molar-refractivity contribution in [2.45, 2.75) is 129 Å². The van der Waals surface area contributed by atoms with Crippen LogP contribution in [0, 0.1) is 0 Å². The number of aliphatic carboxylic acids is 2. The van der Waals surface area contributed by atoms with Gasteiger partial charge in [-0.2, -0.15) is 0 Å². The zero-order valence-electron chi connectivity index (χ0n) is 21.5. The highest BCUT2D eigenvalue weighted by atomic mass is 16.5. The fraction of sp³-hybridized carbons (Fsp3) is 0.724. The van der Waals surface area contributed by atoms with E-state index in [2.05, 4.69) is 25.1 Å². The summed E-state index contributed by atoms with van der Waals surface area (Å²) in [5.74, 6) is -0.423. The summed E-state index contributed by atoms with van der Waals surface area (Å²) >= 11 is 0. The van der Waals surface area contributed by atoms with Crippen LogP contribution in [0.15, 0.2) is 18.2 Å². The summed E-state index contributed by atoms with van der Waals surface area (Å²) in [5.41, 5.74) is 2.80. The first-order valence-electron chi connectivity index (χ1n) is 13.7. The average molecular weight is 477 g/mol. The molecule has 0 fully saturated rings. The Hall–Kier alpha value is -2.04. The summed E-state index contributed by atoms with van der Waals surface area (Å²) in [6.07, 6.45) is 19.1. The predicted octanol–water partition coefficient (Wildman–Crippen LogP) is 7.97. The molecule has 5 nitrogen and oxygen atoms in total. The largest absolute Gasteiger partial charge is 0.494 e. The molecule has 0 spiro atoms. The molecule has 0 aliphatic carbocycles. The molecule has 0 bridgehead atoms. The van der Waals surface area contributed by atoms with Gasteiger partial charge in [0.05, 0.1) is 6.61 Å². The van der Waals surface area contributed by atoms with Crippen LogP contribution in [-0.2, 0) is 22.4 Å². The number of ether oxygens (including phenoxy) is 1. The van der Waals surface area contributed by atoms with Crippen molar-refractivity contribution in [2.24, 2.45) is 0 Å². The first-order chi connectivity index (χ1) is 16.5. The van der Waals surface area contributed by atoms with Crippen molar-refractivity contribution in [2.75, 3.05) is 6.61 Å².